The second kappa shape index (κ2) is 11.0. The van der Waals surface area contributed by atoms with Gasteiger partial charge in [0.25, 0.3) is 0 Å². The summed E-state index contributed by atoms with van der Waals surface area (Å²) in [4.78, 5) is 4.77. The Hall–Kier alpha value is -1.60. The summed E-state index contributed by atoms with van der Waals surface area (Å²) in [6.07, 6.45) is 1.48. The van der Waals surface area contributed by atoms with Gasteiger partial charge in [-0.2, -0.15) is 0 Å². The summed E-state index contributed by atoms with van der Waals surface area (Å²) in [5, 5.41) is 6.31. The smallest absolute Gasteiger partial charge is 0.191 e. The zero-order valence-corrected chi connectivity index (χ0v) is 14.7. The minimum atomic E-state index is -3.22. The second-order valence-corrected chi connectivity index (χ2v) is 7.17. The number of hydrogen-bond donors (Lipinski definition) is 2. The van der Waals surface area contributed by atoms with E-state index in [1.165, 1.54) is 0 Å². The van der Waals surface area contributed by atoms with E-state index in [4.69, 9.17) is 4.74 Å². The SMILES string of the molecule is CCCN=C(NCCCS(=O)(=O)c1ccccc1)NCCOC. The maximum Gasteiger partial charge on any atom is 0.191 e. The molecule has 1 aromatic carbocycles. The van der Waals surface area contributed by atoms with Crippen LogP contribution in [0.3, 0.4) is 0 Å². The Morgan fingerprint density at radius 1 is 1.17 bits per heavy atom. The van der Waals surface area contributed by atoms with Crippen molar-refractivity contribution in [2.75, 3.05) is 39.1 Å². The van der Waals surface area contributed by atoms with E-state index in [9.17, 15) is 8.42 Å². The number of guanidine groups is 1. The van der Waals surface area contributed by atoms with E-state index in [-0.39, 0.29) is 5.75 Å². The Bertz CT molecular complexity index is 559. The Labute approximate surface area is 139 Å². The van der Waals surface area contributed by atoms with Crippen molar-refractivity contribution >= 4 is 15.8 Å². The highest BCUT2D eigenvalue weighted by Gasteiger charge is 2.13. The zero-order valence-electron chi connectivity index (χ0n) is 13.9. The van der Waals surface area contributed by atoms with Crippen molar-refractivity contribution in [2.45, 2.75) is 24.7 Å². The third kappa shape index (κ3) is 7.99. The number of hydrogen-bond acceptors (Lipinski definition) is 4. The summed E-state index contributed by atoms with van der Waals surface area (Å²) in [5.74, 6) is 0.810. The van der Waals surface area contributed by atoms with Crippen LogP contribution in [-0.2, 0) is 14.6 Å². The molecule has 0 bridgehead atoms. The van der Waals surface area contributed by atoms with Crippen LogP contribution in [0.15, 0.2) is 40.2 Å². The highest BCUT2D eigenvalue weighted by atomic mass is 32.2. The zero-order chi connectivity index (χ0) is 17.0. The Morgan fingerprint density at radius 3 is 2.52 bits per heavy atom. The summed E-state index contributed by atoms with van der Waals surface area (Å²) in [6, 6.07) is 8.54. The van der Waals surface area contributed by atoms with Gasteiger partial charge in [-0.05, 0) is 25.0 Å². The predicted molar refractivity (Wildman–Crippen MR) is 93.6 cm³/mol. The fourth-order valence-corrected chi connectivity index (χ4v) is 3.22. The molecule has 2 N–H and O–H groups in total. The first kappa shape index (κ1) is 19.4. The van der Waals surface area contributed by atoms with Crippen molar-refractivity contribution < 1.29 is 13.2 Å². The molecule has 0 heterocycles. The van der Waals surface area contributed by atoms with Crippen molar-refractivity contribution in [1.82, 2.24) is 10.6 Å². The van der Waals surface area contributed by atoms with Crippen LogP contribution in [0.25, 0.3) is 0 Å². The lowest BCUT2D eigenvalue weighted by Crippen LogP contribution is -2.40. The first-order valence-electron chi connectivity index (χ1n) is 7.89. The maximum absolute atomic E-state index is 12.2. The molecule has 0 aromatic heterocycles. The van der Waals surface area contributed by atoms with Crippen molar-refractivity contribution in [3.05, 3.63) is 30.3 Å². The average molecular weight is 341 g/mol. The quantitative estimate of drug-likeness (QED) is 0.382. The lowest BCUT2D eigenvalue weighted by Gasteiger charge is -2.12. The van der Waals surface area contributed by atoms with Gasteiger partial charge in [0.15, 0.2) is 15.8 Å². The van der Waals surface area contributed by atoms with E-state index in [1.54, 1.807) is 31.4 Å². The number of ether oxygens (including phenoxy) is 1. The van der Waals surface area contributed by atoms with E-state index < -0.39 is 9.84 Å². The molecule has 130 valence electrons. The summed E-state index contributed by atoms with van der Waals surface area (Å²) in [6.45, 7) is 4.59. The molecule has 0 aliphatic carbocycles. The minimum Gasteiger partial charge on any atom is -0.383 e. The van der Waals surface area contributed by atoms with Gasteiger partial charge in [0.2, 0.25) is 0 Å². The third-order valence-electron chi connectivity index (χ3n) is 3.08. The van der Waals surface area contributed by atoms with Gasteiger partial charge >= 0.3 is 0 Å². The number of rotatable bonds is 10. The first-order chi connectivity index (χ1) is 11.1. The fourth-order valence-electron chi connectivity index (χ4n) is 1.88. The number of nitrogens with one attached hydrogen (secondary N) is 2. The summed E-state index contributed by atoms with van der Waals surface area (Å²) < 4.78 is 29.3. The van der Waals surface area contributed by atoms with Crippen molar-refractivity contribution in [3.8, 4) is 0 Å². The molecule has 0 aliphatic heterocycles. The van der Waals surface area contributed by atoms with Crippen molar-refractivity contribution in [3.63, 3.8) is 0 Å². The Kier molecular flexibility index (Phi) is 9.31. The fraction of sp³-hybridized carbons (Fsp3) is 0.562. The topological polar surface area (TPSA) is 79.8 Å². The van der Waals surface area contributed by atoms with Crippen molar-refractivity contribution in [2.24, 2.45) is 4.99 Å². The molecule has 0 fully saturated rings. The molecule has 0 aliphatic rings. The summed E-state index contributed by atoms with van der Waals surface area (Å²) in [7, 11) is -1.57. The second-order valence-electron chi connectivity index (χ2n) is 5.06. The molecule has 0 amide bonds. The van der Waals surface area contributed by atoms with Crippen LogP contribution >= 0.6 is 0 Å². The van der Waals surface area contributed by atoms with Crippen molar-refractivity contribution in [1.29, 1.82) is 0 Å². The molecule has 7 heteroatoms. The van der Waals surface area contributed by atoms with Gasteiger partial charge in [-0.15, -0.1) is 0 Å². The van der Waals surface area contributed by atoms with Gasteiger partial charge in [-0.3, -0.25) is 4.99 Å². The van der Waals surface area contributed by atoms with Gasteiger partial charge in [0.05, 0.1) is 17.3 Å². The van der Waals surface area contributed by atoms with Gasteiger partial charge in [0, 0.05) is 26.7 Å². The van der Waals surface area contributed by atoms with Gasteiger partial charge < -0.3 is 15.4 Å². The van der Waals surface area contributed by atoms with E-state index in [0.29, 0.717) is 37.0 Å². The lowest BCUT2D eigenvalue weighted by molar-refractivity contribution is 0.203. The molecule has 0 radical (unpaired) electrons. The van der Waals surface area contributed by atoms with Crippen LogP contribution in [0.1, 0.15) is 19.8 Å². The lowest BCUT2D eigenvalue weighted by atomic mass is 10.4. The van der Waals surface area contributed by atoms with Gasteiger partial charge in [-0.1, -0.05) is 25.1 Å². The molecular formula is C16H27N3O3S. The highest BCUT2D eigenvalue weighted by molar-refractivity contribution is 7.91. The summed E-state index contributed by atoms with van der Waals surface area (Å²) in [5.41, 5.74) is 0. The molecule has 6 nitrogen and oxygen atoms in total. The monoisotopic (exact) mass is 341 g/mol. The highest BCUT2D eigenvalue weighted by Crippen LogP contribution is 2.10. The predicted octanol–water partition coefficient (Wildman–Crippen LogP) is 1.44. The normalized spacial score (nSPS) is 12.2. The average Bonchev–Trinajstić information content (AvgIpc) is 2.57. The van der Waals surface area contributed by atoms with Crippen LogP contribution in [0.5, 0.6) is 0 Å². The van der Waals surface area contributed by atoms with E-state index >= 15 is 0 Å². The first-order valence-corrected chi connectivity index (χ1v) is 9.54. The molecular weight excluding hydrogens is 314 g/mol. The van der Waals surface area contributed by atoms with Crippen LogP contribution < -0.4 is 10.6 Å². The summed E-state index contributed by atoms with van der Waals surface area (Å²) >= 11 is 0. The molecule has 0 saturated carbocycles. The Balaban J connectivity index is 2.41. The van der Waals surface area contributed by atoms with Crippen LogP contribution in [0.4, 0.5) is 0 Å². The minimum absolute atomic E-state index is 0.114. The molecule has 0 atom stereocenters. The third-order valence-corrected chi connectivity index (χ3v) is 4.89. The number of sulfone groups is 1. The molecule has 0 unspecified atom stereocenters. The molecule has 0 saturated heterocycles. The number of aliphatic imine (C=N–C) groups is 1. The largest absolute Gasteiger partial charge is 0.383 e. The van der Waals surface area contributed by atoms with E-state index in [2.05, 4.69) is 22.5 Å². The van der Waals surface area contributed by atoms with Gasteiger partial charge in [0.1, 0.15) is 0 Å². The van der Waals surface area contributed by atoms with Crippen LogP contribution in [0, 0.1) is 0 Å². The molecule has 1 rings (SSSR count). The maximum atomic E-state index is 12.2. The van der Waals surface area contributed by atoms with E-state index in [0.717, 1.165) is 13.0 Å². The Morgan fingerprint density at radius 2 is 1.87 bits per heavy atom. The van der Waals surface area contributed by atoms with Crippen LogP contribution in [-0.4, -0.2) is 53.5 Å². The molecule has 0 spiro atoms. The van der Waals surface area contributed by atoms with E-state index in [1.807, 2.05) is 6.07 Å². The van der Waals surface area contributed by atoms with Crippen LogP contribution in [0.2, 0.25) is 0 Å². The number of methoxy groups -OCH3 is 1. The van der Waals surface area contributed by atoms with Gasteiger partial charge in [-0.25, -0.2) is 8.42 Å². The molecule has 23 heavy (non-hydrogen) atoms. The molecule has 1 aromatic rings. The number of benzene rings is 1. The number of nitrogens with zero attached hydrogens (tertiary/aromatic N) is 1. The standard InChI is InChI=1S/C16H27N3O3S/c1-3-10-17-16(19-12-13-22-2)18-11-7-14-23(20,21)15-8-5-4-6-9-15/h4-6,8-9H,3,7,10-14H2,1-2H3,(H2,17,18,19).